The Balaban J connectivity index is 2.42. The van der Waals surface area contributed by atoms with Crippen LogP contribution in [0.2, 0.25) is 0 Å². The molecule has 106 valence electrons. The highest BCUT2D eigenvalue weighted by molar-refractivity contribution is 5.75. The van der Waals surface area contributed by atoms with Gasteiger partial charge in [-0.3, -0.25) is 4.79 Å². The zero-order chi connectivity index (χ0) is 14.5. The van der Waals surface area contributed by atoms with Crippen molar-refractivity contribution in [2.24, 2.45) is 5.73 Å². The van der Waals surface area contributed by atoms with E-state index in [0.717, 1.165) is 12.6 Å². The minimum Gasteiger partial charge on any atom is -0.337 e. The predicted octanol–water partition coefficient (Wildman–Crippen LogP) is 2.49. The molecule has 1 amide bonds. The molecule has 1 aromatic rings. The molecule has 0 aliphatic heterocycles. The van der Waals surface area contributed by atoms with Crippen LogP contribution in [-0.4, -0.2) is 30.6 Å². The Bertz CT molecular complexity index is 406. The monoisotopic (exact) mass is 274 g/mol. The number of carbonyl (C=O) groups excluding carboxylic acids is 1. The molecule has 0 saturated carbocycles. The van der Waals surface area contributed by atoms with Crippen LogP contribution in [0, 0.1) is 0 Å². The Morgan fingerprint density at radius 3 is 2.42 bits per heavy atom. The first-order chi connectivity index (χ1) is 8.79. The van der Waals surface area contributed by atoms with E-state index in [4.69, 9.17) is 5.73 Å². The smallest absolute Gasteiger partial charge is 0.337 e. The van der Waals surface area contributed by atoms with Gasteiger partial charge in [0.1, 0.15) is 6.54 Å². The van der Waals surface area contributed by atoms with E-state index in [1.165, 1.54) is 0 Å². The molecular weight excluding hydrogens is 257 g/mol. The van der Waals surface area contributed by atoms with Crippen LogP contribution in [0.1, 0.15) is 24.4 Å². The van der Waals surface area contributed by atoms with Gasteiger partial charge < -0.3 is 10.6 Å². The fraction of sp³-hybridized carbons (Fsp3) is 0.462. The number of benzene rings is 1. The fourth-order valence-electron chi connectivity index (χ4n) is 1.69. The third-order valence-electron chi connectivity index (χ3n) is 2.74. The second-order valence-electron chi connectivity index (χ2n) is 4.42. The van der Waals surface area contributed by atoms with Gasteiger partial charge in [-0.2, -0.15) is 13.2 Å². The number of nitrogens with zero attached hydrogens (tertiary/aromatic N) is 1. The molecule has 19 heavy (non-hydrogen) atoms. The van der Waals surface area contributed by atoms with E-state index in [9.17, 15) is 18.0 Å². The number of nitrogens with two attached hydrogens (primary N) is 1. The lowest BCUT2D eigenvalue weighted by Gasteiger charge is -2.20. The summed E-state index contributed by atoms with van der Waals surface area (Å²) < 4.78 is 36.3. The summed E-state index contributed by atoms with van der Waals surface area (Å²) in [4.78, 5) is 12.2. The molecule has 0 heterocycles. The van der Waals surface area contributed by atoms with E-state index in [2.05, 4.69) is 0 Å². The summed E-state index contributed by atoms with van der Waals surface area (Å²) in [6.45, 7) is -1.23. The van der Waals surface area contributed by atoms with Crippen LogP contribution in [-0.2, 0) is 4.79 Å². The number of amides is 1. The van der Waals surface area contributed by atoms with Gasteiger partial charge in [0.15, 0.2) is 0 Å². The van der Waals surface area contributed by atoms with Crippen molar-refractivity contribution < 1.29 is 18.0 Å². The molecular formula is C13H17F3N2O. The summed E-state index contributed by atoms with van der Waals surface area (Å²) in [5.41, 5.74) is 6.75. The minimum atomic E-state index is -4.37. The molecule has 1 atom stereocenters. The molecule has 3 nitrogen and oxygen atoms in total. The van der Waals surface area contributed by atoms with Crippen molar-refractivity contribution in [1.82, 2.24) is 4.90 Å². The van der Waals surface area contributed by atoms with Gasteiger partial charge in [0.05, 0.1) is 0 Å². The van der Waals surface area contributed by atoms with Crippen molar-refractivity contribution in [3.05, 3.63) is 35.9 Å². The highest BCUT2D eigenvalue weighted by atomic mass is 19.4. The molecule has 1 aromatic carbocycles. The van der Waals surface area contributed by atoms with Crippen molar-refractivity contribution in [2.75, 3.05) is 13.6 Å². The first-order valence-corrected chi connectivity index (χ1v) is 5.91. The molecule has 0 saturated heterocycles. The molecule has 0 fully saturated rings. The average Bonchev–Trinajstić information content (AvgIpc) is 2.34. The van der Waals surface area contributed by atoms with Gasteiger partial charge in [0.25, 0.3) is 0 Å². The van der Waals surface area contributed by atoms with Crippen LogP contribution in [0.25, 0.3) is 0 Å². The second-order valence-corrected chi connectivity index (χ2v) is 4.42. The normalized spacial score (nSPS) is 13.1. The predicted molar refractivity (Wildman–Crippen MR) is 66.3 cm³/mol. The topological polar surface area (TPSA) is 46.3 Å². The Morgan fingerprint density at radius 1 is 1.32 bits per heavy atom. The third-order valence-corrected chi connectivity index (χ3v) is 2.74. The molecule has 6 heteroatoms. The van der Waals surface area contributed by atoms with E-state index in [1.54, 1.807) is 0 Å². The summed E-state index contributed by atoms with van der Waals surface area (Å²) in [5, 5.41) is 0. The molecule has 1 rings (SSSR count). The van der Waals surface area contributed by atoms with Gasteiger partial charge in [-0.1, -0.05) is 30.3 Å². The Kier molecular flexibility index (Phi) is 5.35. The quantitative estimate of drug-likeness (QED) is 0.896. The summed E-state index contributed by atoms with van der Waals surface area (Å²) in [6, 6.07) is 8.81. The molecule has 0 radical (unpaired) electrons. The maximum atomic E-state index is 12.1. The van der Waals surface area contributed by atoms with Gasteiger partial charge in [-0.25, -0.2) is 0 Å². The van der Waals surface area contributed by atoms with Crippen molar-refractivity contribution in [3.63, 3.8) is 0 Å². The maximum Gasteiger partial charge on any atom is 0.406 e. The van der Waals surface area contributed by atoms with E-state index in [-0.39, 0.29) is 12.5 Å². The number of halogens is 3. The number of carbonyl (C=O) groups is 1. The summed E-state index contributed by atoms with van der Waals surface area (Å²) in [5.74, 6) is -0.552. The largest absolute Gasteiger partial charge is 0.406 e. The Morgan fingerprint density at radius 2 is 1.89 bits per heavy atom. The van der Waals surface area contributed by atoms with E-state index < -0.39 is 18.6 Å². The van der Waals surface area contributed by atoms with Crippen LogP contribution in [0.5, 0.6) is 0 Å². The highest BCUT2D eigenvalue weighted by Crippen LogP contribution is 2.18. The van der Waals surface area contributed by atoms with Crippen molar-refractivity contribution >= 4 is 5.91 Å². The zero-order valence-electron chi connectivity index (χ0n) is 10.7. The van der Waals surface area contributed by atoms with Gasteiger partial charge in [-0.05, 0) is 12.0 Å². The number of rotatable bonds is 5. The van der Waals surface area contributed by atoms with Crippen LogP contribution >= 0.6 is 0 Å². The number of hydrogen-bond donors (Lipinski definition) is 1. The summed E-state index contributed by atoms with van der Waals surface area (Å²) >= 11 is 0. The molecule has 0 aliphatic carbocycles. The first kappa shape index (κ1) is 15.5. The third kappa shape index (κ3) is 5.74. The lowest BCUT2D eigenvalue weighted by molar-refractivity contribution is -0.158. The van der Waals surface area contributed by atoms with Crippen LogP contribution in [0.4, 0.5) is 13.2 Å². The number of hydrogen-bond acceptors (Lipinski definition) is 2. The van der Waals surface area contributed by atoms with Crippen molar-refractivity contribution in [1.29, 1.82) is 0 Å². The molecule has 1 unspecified atom stereocenters. The van der Waals surface area contributed by atoms with Crippen molar-refractivity contribution in [2.45, 2.75) is 25.1 Å². The Hall–Kier alpha value is -1.56. The van der Waals surface area contributed by atoms with E-state index in [0.29, 0.717) is 11.3 Å². The standard InChI is InChI=1S/C13H17F3N2O/c1-18(9-13(14,15)16)12(19)8-7-11(17)10-5-3-2-4-6-10/h2-6,11H,7-9,17H2,1H3. The van der Waals surface area contributed by atoms with Gasteiger partial charge in [-0.15, -0.1) is 0 Å². The second kappa shape index (κ2) is 6.56. The molecule has 0 bridgehead atoms. The van der Waals surface area contributed by atoms with Crippen LogP contribution in [0.15, 0.2) is 30.3 Å². The average molecular weight is 274 g/mol. The summed E-state index contributed by atoms with van der Waals surface area (Å²) in [7, 11) is 1.14. The lowest BCUT2D eigenvalue weighted by Crippen LogP contribution is -2.36. The fourth-order valence-corrected chi connectivity index (χ4v) is 1.69. The van der Waals surface area contributed by atoms with Gasteiger partial charge >= 0.3 is 6.18 Å². The molecule has 0 aromatic heterocycles. The van der Waals surface area contributed by atoms with Gasteiger partial charge in [0.2, 0.25) is 5.91 Å². The number of alkyl halides is 3. The first-order valence-electron chi connectivity index (χ1n) is 5.91. The zero-order valence-corrected chi connectivity index (χ0v) is 10.7. The Labute approximate surface area is 110 Å². The highest BCUT2D eigenvalue weighted by Gasteiger charge is 2.31. The molecule has 2 N–H and O–H groups in total. The molecule has 0 aliphatic rings. The SMILES string of the molecule is CN(CC(F)(F)F)C(=O)CCC(N)c1ccccc1. The van der Waals surface area contributed by atoms with Crippen LogP contribution < -0.4 is 5.73 Å². The van der Waals surface area contributed by atoms with Crippen LogP contribution in [0.3, 0.4) is 0 Å². The minimum absolute atomic E-state index is 0.00262. The van der Waals surface area contributed by atoms with E-state index in [1.807, 2.05) is 30.3 Å². The van der Waals surface area contributed by atoms with Crippen molar-refractivity contribution in [3.8, 4) is 0 Å². The lowest BCUT2D eigenvalue weighted by atomic mass is 10.0. The maximum absolute atomic E-state index is 12.1. The van der Waals surface area contributed by atoms with Gasteiger partial charge in [0, 0.05) is 19.5 Å². The van der Waals surface area contributed by atoms with E-state index >= 15 is 0 Å². The summed E-state index contributed by atoms with van der Waals surface area (Å²) in [6.07, 6.45) is -4.04. The molecule has 0 spiro atoms.